The standard InChI is InChI=1S/C12H13ClFNO/c13-6-12(16)15-7-8-1-4-10(9-2-3-9)11(14)5-8/h1,4-5,9H,2-3,6-7H2,(H,15,16). The molecule has 1 aliphatic carbocycles. The van der Waals surface area contributed by atoms with E-state index in [1.54, 1.807) is 0 Å². The largest absolute Gasteiger partial charge is 0.351 e. The molecule has 0 bridgehead atoms. The Morgan fingerprint density at radius 1 is 1.50 bits per heavy atom. The number of hydrogen-bond acceptors (Lipinski definition) is 1. The molecule has 86 valence electrons. The van der Waals surface area contributed by atoms with E-state index in [1.165, 1.54) is 6.07 Å². The molecule has 1 aromatic rings. The summed E-state index contributed by atoms with van der Waals surface area (Å²) in [5.41, 5.74) is 1.56. The number of hydrogen-bond donors (Lipinski definition) is 1. The van der Waals surface area contributed by atoms with E-state index >= 15 is 0 Å². The number of nitrogens with one attached hydrogen (secondary N) is 1. The molecule has 1 N–H and O–H groups in total. The molecular formula is C12H13ClFNO. The maximum absolute atomic E-state index is 13.6. The van der Waals surface area contributed by atoms with Crippen molar-refractivity contribution in [3.05, 3.63) is 35.1 Å². The van der Waals surface area contributed by atoms with Crippen molar-refractivity contribution in [3.63, 3.8) is 0 Å². The Kier molecular flexibility index (Phi) is 3.44. The molecule has 1 aromatic carbocycles. The SMILES string of the molecule is O=C(CCl)NCc1ccc(C2CC2)c(F)c1. The Morgan fingerprint density at radius 3 is 2.81 bits per heavy atom. The molecule has 0 saturated heterocycles. The van der Waals surface area contributed by atoms with Crippen molar-refractivity contribution in [3.8, 4) is 0 Å². The van der Waals surface area contributed by atoms with Gasteiger partial charge in [0.25, 0.3) is 0 Å². The highest BCUT2D eigenvalue weighted by molar-refractivity contribution is 6.27. The minimum atomic E-state index is -0.242. The Morgan fingerprint density at radius 2 is 2.25 bits per heavy atom. The Labute approximate surface area is 98.8 Å². The molecule has 0 radical (unpaired) electrons. The number of amides is 1. The van der Waals surface area contributed by atoms with E-state index in [-0.39, 0.29) is 17.6 Å². The topological polar surface area (TPSA) is 29.1 Å². The van der Waals surface area contributed by atoms with Crippen LogP contribution in [0.4, 0.5) is 4.39 Å². The van der Waals surface area contributed by atoms with Gasteiger partial charge in [0.2, 0.25) is 5.91 Å². The van der Waals surface area contributed by atoms with Gasteiger partial charge in [-0.05, 0) is 36.0 Å². The van der Waals surface area contributed by atoms with Gasteiger partial charge in [0.05, 0.1) is 0 Å². The first-order chi connectivity index (χ1) is 7.70. The van der Waals surface area contributed by atoms with Gasteiger partial charge in [-0.2, -0.15) is 0 Å². The molecule has 1 saturated carbocycles. The minimum Gasteiger partial charge on any atom is -0.351 e. The smallest absolute Gasteiger partial charge is 0.235 e. The minimum absolute atomic E-state index is 0.0668. The molecule has 2 rings (SSSR count). The Bertz CT molecular complexity index is 404. The maximum atomic E-state index is 13.6. The van der Waals surface area contributed by atoms with E-state index in [4.69, 9.17) is 11.6 Å². The summed E-state index contributed by atoms with van der Waals surface area (Å²) in [6.07, 6.45) is 2.17. The van der Waals surface area contributed by atoms with Crippen molar-refractivity contribution in [2.75, 3.05) is 5.88 Å². The maximum Gasteiger partial charge on any atom is 0.235 e. The van der Waals surface area contributed by atoms with Gasteiger partial charge in [-0.15, -0.1) is 11.6 Å². The summed E-state index contributed by atoms with van der Waals surface area (Å²) in [6, 6.07) is 5.16. The van der Waals surface area contributed by atoms with E-state index < -0.39 is 0 Å². The Hall–Kier alpha value is -1.09. The van der Waals surface area contributed by atoms with Crippen LogP contribution in [-0.2, 0) is 11.3 Å². The highest BCUT2D eigenvalue weighted by Gasteiger charge is 2.26. The summed E-state index contributed by atoms with van der Waals surface area (Å²) in [5.74, 6) is -0.0669. The highest BCUT2D eigenvalue weighted by Crippen LogP contribution is 2.41. The number of carbonyl (C=O) groups is 1. The fourth-order valence-electron chi connectivity index (χ4n) is 1.65. The van der Waals surface area contributed by atoms with Crippen molar-refractivity contribution in [2.24, 2.45) is 0 Å². The fourth-order valence-corrected chi connectivity index (χ4v) is 1.75. The first-order valence-electron chi connectivity index (χ1n) is 5.31. The van der Waals surface area contributed by atoms with Crippen LogP contribution >= 0.6 is 11.6 Å². The summed E-state index contributed by atoms with van der Waals surface area (Å²) >= 11 is 5.34. The molecule has 0 heterocycles. The van der Waals surface area contributed by atoms with Gasteiger partial charge >= 0.3 is 0 Å². The van der Waals surface area contributed by atoms with Crippen LogP contribution < -0.4 is 5.32 Å². The van der Waals surface area contributed by atoms with Gasteiger partial charge in [0.15, 0.2) is 0 Å². The molecule has 4 heteroatoms. The second-order valence-electron chi connectivity index (χ2n) is 4.04. The Balaban J connectivity index is 2.00. The predicted molar refractivity (Wildman–Crippen MR) is 60.9 cm³/mol. The average molecular weight is 242 g/mol. The summed E-state index contributed by atoms with van der Waals surface area (Å²) in [6.45, 7) is 0.327. The van der Waals surface area contributed by atoms with Crippen LogP contribution in [0.5, 0.6) is 0 Å². The predicted octanol–water partition coefficient (Wildman–Crippen LogP) is 2.56. The highest BCUT2D eigenvalue weighted by atomic mass is 35.5. The third-order valence-electron chi connectivity index (χ3n) is 2.69. The number of halogens is 2. The van der Waals surface area contributed by atoms with Crippen LogP contribution in [0.1, 0.15) is 29.9 Å². The lowest BCUT2D eigenvalue weighted by atomic mass is 10.1. The molecule has 0 unspecified atom stereocenters. The second-order valence-corrected chi connectivity index (χ2v) is 4.31. The zero-order valence-electron chi connectivity index (χ0n) is 8.80. The zero-order valence-corrected chi connectivity index (χ0v) is 9.56. The molecule has 0 spiro atoms. The van der Waals surface area contributed by atoms with E-state index in [2.05, 4.69) is 5.32 Å². The van der Waals surface area contributed by atoms with E-state index in [0.717, 1.165) is 24.0 Å². The quantitative estimate of drug-likeness (QED) is 0.807. The summed E-state index contributed by atoms with van der Waals surface area (Å²) < 4.78 is 13.6. The van der Waals surface area contributed by atoms with Crippen LogP contribution in [-0.4, -0.2) is 11.8 Å². The van der Waals surface area contributed by atoms with Gasteiger partial charge in [-0.25, -0.2) is 4.39 Å². The first kappa shape index (κ1) is 11.4. The monoisotopic (exact) mass is 241 g/mol. The third kappa shape index (κ3) is 2.73. The van der Waals surface area contributed by atoms with Crippen LogP contribution in [0.25, 0.3) is 0 Å². The summed E-state index contributed by atoms with van der Waals surface area (Å²) in [7, 11) is 0. The lowest BCUT2D eigenvalue weighted by Gasteiger charge is -2.06. The normalized spacial score (nSPS) is 14.9. The van der Waals surface area contributed by atoms with Crippen LogP contribution in [0, 0.1) is 5.82 Å². The van der Waals surface area contributed by atoms with Crippen LogP contribution in [0.15, 0.2) is 18.2 Å². The van der Waals surface area contributed by atoms with Gasteiger partial charge < -0.3 is 5.32 Å². The molecule has 0 atom stereocenters. The van der Waals surface area contributed by atoms with E-state index in [9.17, 15) is 9.18 Å². The molecule has 0 aliphatic heterocycles. The van der Waals surface area contributed by atoms with Crippen molar-refractivity contribution < 1.29 is 9.18 Å². The van der Waals surface area contributed by atoms with Crippen molar-refractivity contribution in [1.29, 1.82) is 0 Å². The third-order valence-corrected chi connectivity index (χ3v) is 2.94. The van der Waals surface area contributed by atoms with Crippen molar-refractivity contribution >= 4 is 17.5 Å². The average Bonchev–Trinajstić information content (AvgIpc) is 3.10. The summed E-state index contributed by atoms with van der Waals surface area (Å²) in [5, 5.41) is 2.60. The number of benzene rings is 1. The number of alkyl halides is 1. The van der Waals surface area contributed by atoms with Crippen molar-refractivity contribution in [2.45, 2.75) is 25.3 Å². The van der Waals surface area contributed by atoms with Crippen LogP contribution in [0.3, 0.4) is 0 Å². The van der Waals surface area contributed by atoms with E-state index in [1.807, 2.05) is 12.1 Å². The van der Waals surface area contributed by atoms with Gasteiger partial charge in [0, 0.05) is 6.54 Å². The molecule has 1 fully saturated rings. The van der Waals surface area contributed by atoms with Gasteiger partial charge in [-0.3, -0.25) is 4.79 Å². The molecule has 2 nitrogen and oxygen atoms in total. The number of carbonyl (C=O) groups excluding carboxylic acids is 1. The van der Waals surface area contributed by atoms with Gasteiger partial charge in [-0.1, -0.05) is 12.1 Å². The molecule has 16 heavy (non-hydrogen) atoms. The van der Waals surface area contributed by atoms with Crippen molar-refractivity contribution in [1.82, 2.24) is 5.32 Å². The molecule has 1 amide bonds. The summed E-state index contributed by atoms with van der Waals surface area (Å²) in [4.78, 5) is 10.9. The zero-order chi connectivity index (χ0) is 11.5. The van der Waals surface area contributed by atoms with Crippen LogP contribution in [0.2, 0.25) is 0 Å². The fraction of sp³-hybridized carbons (Fsp3) is 0.417. The lowest BCUT2D eigenvalue weighted by Crippen LogP contribution is -2.23. The molecule has 1 aliphatic rings. The first-order valence-corrected chi connectivity index (χ1v) is 5.85. The number of rotatable bonds is 4. The van der Waals surface area contributed by atoms with E-state index in [0.29, 0.717) is 12.5 Å². The second kappa shape index (κ2) is 4.83. The van der Waals surface area contributed by atoms with Gasteiger partial charge in [0.1, 0.15) is 11.7 Å². The molecule has 0 aromatic heterocycles. The lowest BCUT2D eigenvalue weighted by molar-refractivity contribution is -0.118. The molecular weight excluding hydrogens is 229 g/mol.